The summed E-state index contributed by atoms with van der Waals surface area (Å²) in [6, 6.07) is 14.5. The van der Waals surface area contributed by atoms with Gasteiger partial charge in [-0.15, -0.1) is 0 Å². The van der Waals surface area contributed by atoms with Crippen LogP contribution in [0.3, 0.4) is 0 Å². The van der Waals surface area contributed by atoms with Gasteiger partial charge in [-0.2, -0.15) is 0 Å². The molecule has 0 radical (unpaired) electrons. The first-order valence-electron chi connectivity index (χ1n) is 9.69. The summed E-state index contributed by atoms with van der Waals surface area (Å²) in [5.74, 6) is 0.586. The predicted octanol–water partition coefficient (Wildman–Crippen LogP) is 3.13. The number of anilines is 1. The normalized spacial score (nSPS) is 11.0. The number of guanidine groups is 1. The van der Waals surface area contributed by atoms with Gasteiger partial charge in [-0.3, -0.25) is 14.6 Å². The lowest BCUT2D eigenvalue weighted by Crippen LogP contribution is -2.37. The Hall–Kier alpha value is -3.06. The number of nitrogens with one attached hydrogen (secondary N) is 3. The molecule has 2 aromatic carbocycles. The van der Waals surface area contributed by atoms with Gasteiger partial charge in [0.15, 0.2) is 5.96 Å². The molecule has 0 saturated carbocycles. The first-order chi connectivity index (χ1) is 14.4. The number of hydrogen-bond acceptors (Lipinski definition) is 3. The topological polar surface area (TPSA) is 85.8 Å². The number of carbonyl (C=O) groups excluding carboxylic acids is 2. The number of hydrogen-bond donors (Lipinski definition) is 3. The van der Waals surface area contributed by atoms with Gasteiger partial charge in [0, 0.05) is 56.9 Å². The minimum Gasteiger partial charge on any atom is -0.356 e. The highest BCUT2D eigenvalue weighted by Crippen LogP contribution is 2.13. The Balaban J connectivity index is 1.69. The summed E-state index contributed by atoms with van der Waals surface area (Å²) in [5.41, 5.74) is 2.42. The summed E-state index contributed by atoms with van der Waals surface area (Å²) in [6.45, 7) is 1.19. The summed E-state index contributed by atoms with van der Waals surface area (Å²) >= 11 is 5.84. The van der Waals surface area contributed by atoms with Crippen LogP contribution in [0, 0.1) is 0 Å². The van der Waals surface area contributed by atoms with E-state index in [1.54, 1.807) is 50.3 Å². The zero-order valence-electron chi connectivity index (χ0n) is 17.5. The molecule has 3 N–H and O–H groups in total. The highest BCUT2D eigenvalue weighted by molar-refractivity contribution is 6.30. The third-order valence-electron chi connectivity index (χ3n) is 4.29. The van der Waals surface area contributed by atoms with Crippen molar-refractivity contribution in [3.63, 3.8) is 0 Å². The molecule has 7 nitrogen and oxygen atoms in total. The monoisotopic (exact) mass is 429 g/mol. The first-order valence-corrected chi connectivity index (χ1v) is 10.1. The van der Waals surface area contributed by atoms with E-state index in [4.69, 9.17) is 11.6 Å². The van der Waals surface area contributed by atoms with Gasteiger partial charge in [0.1, 0.15) is 0 Å². The molecule has 0 aliphatic carbocycles. The molecule has 0 bridgehead atoms. The van der Waals surface area contributed by atoms with Crippen LogP contribution < -0.4 is 16.0 Å². The molecule has 0 aliphatic rings. The SMILES string of the molecule is CN=C(NCCCC(=O)Nc1ccc(Cl)cc1)NCc1ccc(C(=O)N(C)C)cc1. The lowest BCUT2D eigenvalue weighted by Gasteiger charge is -2.13. The summed E-state index contributed by atoms with van der Waals surface area (Å²) in [7, 11) is 5.16. The molecule has 8 heteroatoms. The lowest BCUT2D eigenvalue weighted by molar-refractivity contribution is -0.116. The Morgan fingerprint density at radius 3 is 2.27 bits per heavy atom. The van der Waals surface area contributed by atoms with Gasteiger partial charge in [-0.1, -0.05) is 23.7 Å². The average Bonchev–Trinajstić information content (AvgIpc) is 2.74. The van der Waals surface area contributed by atoms with Crippen molar-refractivity contribution in [2.75, 3.05) is 33.0 Å². The summed E-state index contributed by atoms with van der Waals surface area (Å²) < 4.78 is 0. The number of aliphatic imine (C=N–C) groups is 1. The van der Waals surface area contributed by atoms with E-state index in [2.05, 4.69) is 20.9 Å². The fraction of sp³-hybridized carbons (Fsp3) is 0.318. The quantitative estimate of drug-likeness (QED) is 0.342. The van der Waals surface area contributed by atoms with Gasteiger partial charge in [-0.05, 0) is 48.4 Å². The van der Waals surface area contributed by atoms with Crippen molar-refractivity contribution in [2.45, 2.75) is 19.4 Å². The van der Waals surface area contributed by atoms with Crippen LogP contribution >= 0.6 is 11.6 Å². The number of amides is 2. The minimum atomic E-state index is -0.0468. The Morgan fingerprint density at radius 1 is 1.00 bits per heavy atom. The number of nitrogens with zero attached hydrogens (tertiary/aromatic N) is 2. The fourth-order valence-corrected chi connectivity index (χ4v) is 2.77. The van der Waals surface area contributed by atoms with Gasteiger partial charge in [-0.25, -0.2) is 0 Å². The minimum absolute atomic E-state index is 0.0212. The van der Waals surface area contributed by atoms with Crippen LogP contribution in [0.4, 0.5) is 5.69 Å². The maximum Gasteiger partial charge on any atom is 0.253 e. The maximum absolute atomic E-state index is 12.0. The highest BCUT2D eigenvalue weighted by Gasteiger charge is 2.07. The van der Waals surface area contributed by atoms with Gasteiger partial charge < -0.3 is 20.9 Å². The van der Waals surface area contributed by atoms with Crippen molar-refractivity contribution in [2.24, 2.45) is 4.99 Å². The molecule has 0 saturated heterocycles. The molecule has 0 heterocycles. The van der Waals surface area contributed by atoms with Crippen LogP contribution in [0.1, 0.15) is 28.8 Å². The number of halogens is 1. The second-order valence-corrected chi connectivity index (χ2v) is 7.34. The summed E-state index contributed by atoms with van der Waals surface area (Å²) in [5, 5.41) is 9.88. The first kappa shape index (κ1) is 23.2. The molecular weight excluding hydrogens is 402 g/mol. The van der Waals surface area contributed by atoms with E-state index in [1.807, 2.05) is 24.3 Å². The Bertz CT molecular complexity index is 864. The van der Waals surface area contributed by atoms with Crippen molar-refractivity contribution in [1.82, 2.24) is 15.5 Å². The van der Waals surface area contributed by atoms with E-state index in [0.717, 1.165) is 11.3 Å². The second kappa shape index (κ2) is 11.8. The molecule has 2 amide bonds. The molecule has 2 aromatic rings. The van der Waals surface area contributed by atoms with E-state index >= 15 is 0 Å². The number of carbonyl (C=O) groups is 2. The molecule has 0 atom stereocenters. The zero-order valence-corrected chi connectivity index (χ0v) is 18.3. The molecule has 0 spiro atoms. The third-order valence-corrected chi connectivity index (χ3v) is 4.54. The zero-order chi connectivity index (χ0) is 21.9. The molecule has 0 aromatic heterocycles. The molecule has 2 rings (SSSR count). The molecule has 0 fully saturated rings. The Morgan fingerprint density at radius 2 is 1.67 bits per heavy atom. The average molecular weight is 430 g/mol. The van der Waals surface area contributed by atoms with E-state index in [0.29, 0.717) is 42.5 Å². The van der Waals surface area contributed by atoms with Crippen LogP contribution in [0.5, 0.6) is 0 Å². The number of benzene rings is 2. The van der Waals surface area contributed by atoms with Gasteiger partial charge in [0.25, 0.3) is 5.91 Å². The molecule has 0 aliphatic heterocycles. The van der Waals surface area contributed by atoms with Crippen molar-refractivity contribution in [1.29, 1.82) is 0 Å². The van der Waals surface area contributed by atoms with Crippen molar-refractivity contribution >= 4 is 35.1 Å². The highest BCUT2D eigenvalue weighted by atomic mass is 35.5. The van der Waals surface area contributed by atoms with Crippen LogP contribution in [0.15, 0.2) is 53.5 Å². The standard InChI is InChI=1S/C22H28ClN5O2/c1-24-22(26-15-16-6-8-17(9-7-16)21(30)28(2)3)25-14-4-5-20(29)27-19-12-10-18(23)11-13-19/h6-13H,4-5,14-15H2,1-3H3,(H,27,29)(H2,24,25,26). The number of rotatable bonds is 8. The fourth-order valence-electron chi connectivity index (χ4n) is 2.64. The Kier molecular flexibility index (Phi) is 9.15. The lowest BCUT2D eigenvalue weighted by atomic mass is 10.1. The third kappa shape index (κ3) is 7.75. The second-order valence-electron chi connectivity index (χ2n) is 6.91. The molecule has 0 unspecified atom stereocenters. The van der Waals surface area contributed by atoms with E-state index in [1.165, 1.54) is 0 Å². The van der Waals surface area contributed by atoms with Crippen molar-refractivity contribution in [3.8, 4) is 0 Å². The van der Waals surface area contributed by atoms with E-state index in [9.17, 15) is 9.59 Å². The molecule has 160 valence electrons. The summed E-state index contributed by atoms with van der Waals surface area (Å²) in [6.07, 6.45) is 1.06. The van der Waals surface area contributed by atoms with Crippen LogP contribution in [-0.4, -0.2) is 50.4 Å². The van der Waals surface area contributed by atoms with E-state index < -0.39 is 0 Å². The summed E-state index contributed by atoms with van der Waals surface area (Å²) in [4.78, 5) is 29.7. The maximum atomic E-state index is 12.0. The van der Waals surface area contributed by atoms with Gasteiger partial charge in [0.05, 0.1) is 0 Å². The van der Waals surface area contributed by atoms with Gasteiger partial charge >= 0.3 is 0 Å². The predicted molar refractivity (Wildman–Crippen MR) is 122 cm³/mol. The largest absolute Gasteiger partial charge is 0.356 e. The van der Waals surface area contributed by atoms with Crippen LogP contribution in [0.2, 0.25) is 5.02 Å². The van der Waals surface area contributed by atoms with Crippen molar-refractivity contribution < 1.29 is 9.59 Å². The van der Waals surface area contributed by atoms with Crippen LogP contribution in [-0.2, 0) is 11.3 Å². The molecule has 30 heavy (non-hydrogen) atoms. The molecular formula is C22H28ClN5O2. The Labute approximate surface area is 182 Å². The van der Waals surface area contributed by atoms with E-state index in [-0.39, 0.29) is 11.8 Å². The van der Waals surface area contributed by atoms with Crippen molar-refractivity contribution in [3.05, 3.63) is 64.7 Å². The van der Waals surface area contributed by atoms with Crippen LogP contribution in [0.25, 0.3) is 0 Å². The smallest absolute Gasteiger partial charge is 0.253 e. The van der Waals surface area contributed by atoms with Gasteiger partial charge in [0.2, 0.25) is 5.91 Å².